The zero-order valence-corrected chi connectivity index (χ0v) is 14.3. The number of aliphatic carboxylic acids is 1. The van der Waals surface area contributed by atoms with Crippen LogP contribution in [-0.2, 0) is 4.79 Å². The van der Waals surface area contributed by atoms with E-state index < -0.39 is 5.97 Å². The minimum atomic E-state index is -0.780. The number of nitrogens with zero attached hydrogens (tertiary/aromatic N) is 2. The fraction of sp³-hybridized carbons (Fsp3) is 0.412. The van der Waals surface area contributed by atoms with Gasteiger partial charge in [0, 0.05) is 23.0 Å². The molecule has 0 aliphatic heterocycles. The smallest absolute Gasteiger partial charge is 0.305 e. The van der Waals surface area contributed by atoms with Crippen molar-refractivity contribution in [3.63, 3.8) is 0 Å². The van der Waals surface area contributed by atoms with Gasteiger partial charge in [0.15, 0.2) is 5.13 Å². The number of benzene rings is 1. The average Bonchev–Trinajstić information content (AvgIpc) is 2.81. The lowest BCUT2D eigenvalue weighted by atomic mass is 10.1. The fourth-order valence-electron chi connectivity index (χ4n) is 2.28. The molecule has 0 spiro atoms. The lowest BCUT2D eigenvalue weighted by Crippen LogP contribution is -2.32. The summed E-state index contributed by atoms with van der Waals surface area (Å²) in [5, 5.41) is 9.80. The van der Waals surface area contributed by atoms with Gasteiger partial charge in [-0.1, -0.05) is 29.8 Å². The van der Waals surface area contributed by atoms with Crippen LogP contribution in [0, 0.1) is 13.8 Å². The van der Waals surface area contributed by atoms with Gasteiger partial charge in [0.2, 0.25) is 0 Å². The van der Waals surface area contributed by atoms with Crippen LogP contribution in [0.25, 0.3) is 11.3 Å². The van der Waals surface area contributed by atoms with Crippen LogP contribution in [0.5, 0.6) is 0 Å². The molecule has 22 heavy (non-hydrogen) atoms. The number of carbonyl (C=O) groups is 1. The van der Waals surface area contributed by atoms with Crippen molar-refractivity contribution >= 4 is 22.4 Å². The van der Waals surface area contributed by atoms with Gasteiger partial charge in [0.1, 0.15) is 0 Å². The van der Waals surface area contributed by atoms with E-state index in [9.17, 15) is 4.79 Å². The van der Waals surface area contributed by atoms with Gasteiger partial charge in [-0.25, -0.2) is 4.98 Å². The molecule has 0 atom stereocenters. The molecule has 0 aliphatic rings. The number of aromatic nitrogens is 1. The highest BCUT2D eigenvalue weighted by Gasteiger charge is 2.18. The molecule has 0 radical (unpaired) electrons. The first-order valence-electron chi connectivity index (χ1n) is 7.41. The molecule has 1 aromatic carbocycles. The van der Waals surface area contributed by atoms with E-state index in [0.717, 1.165) is 21.3 Å². The monoisotopic (exact) mass is 318 g/mol. The topological polar surface area (TPSA) is 53.4 Å². The number of rotatable bonds is 6. The second kappa shape index (κ2) is 6.92. The van der Waals surface area contributed by atoms with Gasteiger partial charge < -0.3 is 10.0 Å². The maximum Gasteiger partial charge on any atom is 0.305 e. The number of carboxylic acid groups (broad SMARTS) is 1. The standard InChI is InChI=1S/C17H22N2O2S/c1-11(2)19(10-9-15(20)21)17-18-16(13(4)22-17)14-7-5-12(3)6-8-14/h5-8,11H,9-10H2,1-4H3,(H,20,21). The Kier molecular flexibility index (Phi) is 5.19. The van der Waals surface area contributed by atoms with E-state index in [1.54, 1.807) is 11.3 Å². The molecule has 2 aromatic rings. The molecular weight excluding hydrogens is 296 g/mol. The van der Waals surface area contributed by atoms with Crippen LogP contribution in [-0.4, -0.2) is 28.6 Å². The first-order valence-corrected chi connectivity index (χ1v) is 8.23. The second-order valence-corrected chi connectivity index (χ2v) is 6.88. The molecule has 0 bridgehead atoms. The Morgan fingerprint density at radius 3 is 2.45 bits per heavy atom. The van der Waals surface area contributed by atoms with E-state index in [2.05, 4.69) is 56.9 Å². The van der Waals surface area contributed by atoms with Crippen molar-refractivity contribution in [2.75, 3.05) is 11.4 Å². The van der Waals surface area contributed by atoms with E-state index in [1.807, 2.05) is 0 Å². The number of anilines is 1. The van der Waals surface area contributed by atoms with Crippen LogP contribution in [0.2, 0.25) is 0 Å². The second-order valence-electron chi connectivity index (χ2n) is 5.70. The summed E-state index contributed by atoms with van der Waals surface area (Å²) >= 11 is 1.62. The van der Waals surface area contributed by atoms with Crippen molar-refractivity contribution in [1.29, 1.82) is 0 Å². The molecule has 5 heteroatoms. The van der Waals surface area contributed by atoms with Crippen LogP contribution >= 0.6 is 11.3 Å². The normalized spacial score (nSPS) is 11.0. The van der Waals surface area contributed by atoms with E-state index in [4.69, 9.17) is 10.1 Å². The summed E-state index contributed by atoms with van der Waals surface area (Å²) in [6.07, 6.45) is 0.122. The van der Waals surface area contributed by atoms with Crippen molar-refractivity contribution in [2.24, 2.45) is 0 Å². The SMILES string of the molecule is Cc1ccc(-c2nc(N(CCC(=O)O)C(C)C)sc2C)cc1. The molecule has 2 rings (SSSR count). The van der Waals surface area contributed by atoms with E-state index in [-0.39, 0.29) is 12.5 Å². The maximum absolute atomic E-state index is 10.8. The Morgan fingerprint density at radius 2 is 1.91 bits per heavy atom. The summed E-state index contributed by atoms with van der Waals surface area (Å²) in [4.78, 5) is 18.8. The summed E-state index contributed by atoms with van der Waals surface area (Å²) in [5.74, 6) is -0.780. The Hall–Kier alpha value is -1.88. The Labute approximate surface area is 135 Å². The fourth-order valence-corrected chi connectivity index (χ4v) is 3.37. The average molecular weight is 318 g/mol. The first-order chi connectivity index (χ1) is 10.4. The molecule has 1 aromatic heterocycles. The summed E-state index contributed by atoms with van der Waals surface area (Å²) in [6.45, 7) is 8.73. The van der Waals surface area contributed by atoms with Crippen LogP contribution in [0.15, 0.2) is 24.3 Å². The molecule has 0 saturated heterocycles. The first kappa shape index (κ1) is 16.5. The third-order valence-corrected chi connectivity index (χ3v) is 4.55. The summed E-state index contributed by atoms with van der Waals surface area (Å²) in [6, 6.07) is 8.54. The lowest BCUT2D eigenvalue weighted by Gasteiger charge is -2.25. The van der Waals surface area contributed by atoms with E-state index in [1.165, 1.54) is 5.56 Å². The third-order valence-electron chi connectivity index (χ3n) is 3.55. The quantitative estimate of drug-likeness (QED) is 0.870. The molecule has 1 N–H and O–H groups in total. The molecule has 118 valence electrons. The Balaban J connectivity index is 2.30. The Morgan fingerprint density at radius 1 is 1.27 bits per heavy atom. The number of aryl methyl sites for hydroxylation is 2. The summed E-state index contributed by atoms with van der Waals surface area (Å²) in [5.41, 5.74) is 3.32. The van der Waals surface area contributed by atoms with Crippen molar-refractivity contribution < 1.29 is 9.90 Å². The third kappa shape index (κ3) is 3.85. The molecule has 0 unspecified atom stereocenters. The Bertz CT molecular complexity index is 647. The van der Waals surface area contributed by atoms with Gasteiger partial charge in [0.25, 0.3) is 0 Å². The van der Waals surface area contributed by atoms with Crippen molar-refractivity contribution in [2.45, 2.75) is 40.2 Å². The van der Waals surface area contributed by atoms with Gasteiger partial charge in [-0.15, -0.1) is 11.3 Å². The highest BCUT2D eigenvalue weighted by molar-refractivity contribution is 7.16. The van der Waals surface area contributed by atoms with Gasteiger partial charge in [-0.05, 0) is 27.7 Å². The van der Waals surface area contributed by atoms with E-state index >= 15 is 0 Å². The van der Waals surface area contributed by atoms with Gasteiger partial charge in [0.05, 0.1) is 12.1 Å². The van der Waals surface area contributed by atoms with Crippen molar-refractivity contribution in [3.05, 3.63) is 34.7 Å². The highest BCUT2D eigenvalue weighted by atomic mass is 32.1. The molecule has 0 fully saturated rings. The van der Waals surface area contributed by atoms with Crippen LogP contribution in [0.4, 0.5) is 5.13 Å². The summed E-state index contributed by atoms with van der Waals surface area (Å²) in [7, 11) is 0. The van der Waals surface area contributed by atoms with Gasteiger partial charge in [-0.2, -0.15) is 0 Å². The van der Waals surface area contributed by atoms with Crippen molar-refractivity contribution in [1.82, 2.24) is 4.98 Å². The predicted octanol–water partition coefficient (Wildman–Crippen LogP) is 4.12. The molecule has 4 nitrogen and oxygen atoms in total. The molecular formula is C17H22N2O2S. The molecule has 0 aliphatic carbocycles. The van der Waals surface area contributed by atoms with Crippen molar-refractivity contribution in [3.8, 4) is 11.3 Å². The predicted molar refractivity (Wildman–Crippen MR) is 91.8 cm³/mol. The molecule has 0 saturated carbocycles. The zero-order chi connectivity index (χ0) is 16.3. The maximum atomic E-state index is 10.8. The largest absolute Gasteiger partial charge is 0.481 e. The molecule has 0 amide bonds. The minimum Gasteiger partial charge on any atom is -0.481 e. The number of thiazole rings is 1. The van der Waals surface area contributed by atoms with Crippen LogP contribution < -0.4 is 4.90 Å². The highest BCUT2D eigenvalue weighted by Crippen LogP contribution is 2.33. The molecule has 1 heterocycles. The zero-order valence-electron chi connectivity index (χ0n) is 13.5. The number of carboxylic acids is 1. The lowest BCUT2D eigenvalue weighted by molar-refractivity contribution is -0.136. The van der Waals surface area contributed by atoms with Crippen LogP contribution in [0.1, 0.15) is 30.7 Å². The number of hydrogen-bond donors (Lipinski definition) is 1. The van der Waals surface area contributed by atoms with Gasteiger partial charge >= 0.3 is 5.97 Å². The van der Waals surface area contributed by atoms with Crippen LogP contribution in [0.3, 0.4) is 0 Å². The van der Waals surface area contributed by atoms with Gasteiger partial charge in [-0.3, -0.25) is 4.79 Å². The van der Waals surface area contributed by atoms with E-state index in [0.29, 0.717) is 6.54 Å². The minimum absolute atomic E-state index is 0.122. The number of hydrogen-bond acceptors (Lipinski definition) is 4. The summed E-state index contributed by atoms with van der Waals surface area (Å²) < 4.78 is 0.